The molecule has 1 saturated heterocycles. The summed E-state index contributed by atoms with van der Waals surface area (Å²) in [4.78, 5) is 5.64. The van der Waals surface area contributed by atoms with Crippen LogP contribution in [0.5, 0.6) is 0 Å². The molecule has 0 radical (unpaired) electrons. The molecule has 0 aliphatic carbocycles. The number of hydrogen-bond donors (Lipinski definition) is 1. The smallest absolute Gasteiger partial charge is 0.0330 e. The second-order valence-electron chi connectivity index (χ2n) is 6.21. The van der Waals surface area contributed by atoms with Gasteiger partial charge in [0.25, 0.3) is 0 Å². The fraction of sp³-hybridized carbons (Fsp3) is 0.750. The number of piperidine rings is 1. The van der Waals surface area contributed by atoms with E-state index in [0.717, 1.165) is 31.6 Å². The maximum atomic E-state index is 3.52. The highest BCUT2D eigenvalue weighted by atomic mass is 32.1. The molecule has 1 atom stereocenters. The van der Waals surface area contributed by atoms with Gasteiger partial charge in [0.15, 0.2) is 0 Å². The average Bonchev–Trinajstić information content (AvgIpc) is 2.79. The predicted octanol–water partition coefficient (Wildman–Crippen LogP) is 3.87. The summed E-state index contributed by atoms with van der Waals surface area (Å²) >= 11 is 1.98. The third-order valence-electron chi connectivity index (χ3n) is 3.87. The lowest BCUT2D eigenvalue weighted by molar-refractivity contribution is 0.154. The molecule has 0 amide bonds. The van der Waals surface area contributed by atoms with Gasteiger partial charge in [0, 0.05) is 28.9 Å². The first kappa shape index (κ1) is 15.0. The second kappa shape index (κ2) is 7.41. The van der Waals surface area contributed by atoms with Crippen molar-refractivity contribution in [3.63, 3.8) is 0 Å². The van der Waals surface area contributed by atoms with E-state index in [2.05, 4.69) is 43.1 Å². The third-order valence-corrected chi connectivity index (χ3v) is 4.94. The molecule has 0 aromatic carbocycles. The van der Waals surface area contributed by atoms with Crippen molar-refractivity contribution in [3.8, 4) is 0 Å². The largest absolute Gasteiger partial charge is 0.312 e. The van der Waals surface area contributed by atoms with Gasteiger partial charge in [0.2, 0.25) is 0 Å². The van der Waals surface area contributed by atoms with E-state index in [1.54, 1.807) is 0 Å². The summed E-state index contributed by atoms with van der Waals surface area (Å²) in [6, 6.07) is 5.37. The van der Waals surface area contributed by atoms with E-state index in [9.17, 15) is 0 Å². The van der Waals surface area contributed by atoms with Crippen LogP contribution in [0.3, 0.4) is 0 Å². The summed E-state index contributed by atoms with van der Waals surface area (Å²) in [5, 5.41) is 3.52. The molecule has 108 valence electrons. The first-order valence-corrected chi connectivity index (χ1v) is 8.49. The maximum absolute atomic E-state index is 3.52. The van der Waals surface area contributed by atoms with Crippen LogP contribution in [-0.4, -0.2) is 24.0 Å². The van der Waals surface area contributed by atoms with E-state index >= 15 is 0 Å². The normalized spacial score (nSPS) is 21.2. The van der Waals surface area contributed by atoms with Crippen molar-refractivity contribution in [3.05, 3.63) is 21.9 Å². The lowest BCUT2D eigenvalue weighted by Gasteiger charge is -2.32. The van der Waals surface area contributed by atoms with Crippen LogP contribution in [0.4, 0.5) is 0 Å². The molecule has 1 N–H and O–H groups in total. The molecule has 1 aromatic heterocycles. The van der Waals surface area contributed by atoms with Crippen molar-refractivity contribution in [2.24, 2.45) is 5.92 Å². The fourth-order valence-electron chi connectivity index (χ4n) is 2.68. The first-order chi connectivity index (χ1) is 9.15. The van der Waals surface area contributed by atoms with Gasteiger partial charge in [-0.25, -0.2) is 0 Å². The van der Waals surface area contributed by atoms with E-state index < -0.39 is 0 Å². The van der Waals surface area contributed by atoms with Crippen molar-refractivity contribution in [2.45, 2.75) is 59.2 Å². The van der Waals surface area contributed by atoms with Gasteiger partial charge in [-0.15, -0.1) is 11.3 Å². The van der Waals surface area contributed by atoms with Crippen LogP contribution in [0.15, 0.2) is 12.1 Å². The number of thiophene rings is 1. The Balaban J connectivity index is 1.79. The van der Waals surface area contributed by atoms with Gasteiger partial charge in [-0.2, -0.15) is 0 Å². The van der Waals surface area contributed by atoms with Crippen LogP contribution in [-0.2, 0) is 13.1 Å². The van der Waals surface area contributed by atoms with E-state index in [4.69, 9.17) is 0 Å². The lowest BCUT2D eigenvalue weighted by atomic mass is 10.0. The number of hydrogen-bond acceptors (Lipinski definition) is 3. The van der Waals surface area contributed by atoms with Gasteiger partial charge in [-0.1, -0.05) is 20.3 Å². The Bertz CT molecular complexity index is 373. The summed E-state index contributed by atoms with van der Waals surface area (Å²) in [5.74, 6) is 0.730. The summed E-state index contributed by atoms with van der Waals surface area (Å²) in [6.07, 6.45) is 4.15. The number of nitrogens with one attached hydrogen (secondary N) is 1. The second-order valence-corrected chi connectivity index (χ2v) is 7.46. The Morgan fingerprint density at radius 2 is 2.11 bits per heavy atom. The summed E-state index contributed by atoms with van der Waals surface area (Å²) in [6.45, 7) is 11.4. The molecule has 19 heavy (non-hydrogen) atoms. The molecule has 0 saturated carbocycles. The molecular weight excluding hydrogens is 252 g/mol. The minimum atomic E-state index is 0.730. The molecule has 0 spiro atoms. The van der Waals surface area contributed by atoms with E-state index in [0.29, 0.717) is 0 Å². The van der Waals surface area contributed by atoms with Crippen LogP contribution in [0.25, 0.3) is 0 Å². The molecule has 1 aromatic rings. The van der Waals surface area contributed by atoms with Crippen molar-refractivity contribution in [1.29, 1.82) is 0 Å². The molecule has 2 heterocycles. The molecule has 1 aliphatic heterocycles. The molecule has 0 bridgehead atoms. The number of nitrogens with zero attached hydrogens (tertiary/aromatic N) is 1. The monoisotopic (exact) mass is 280 g/mol. The van der Waals surface area contributed by atoms with Gasteiger partial charge < -0.3 is 5.32 Å². The van der Waals surface area contributed by atoms with Crippen molar-refractivity contribution < 1.29 is 0 Å². The zero-order valence-electron chi connectivity index (χ0n) is 12.6. The molecule has 1 fully saturated rings. The van der Waals surface area contributed by atoms with Gasteiger partial charge in [-0.05, 0) is 50.9 Å². The van der Waals surface area contributed by atoms with Crippen LogP contribution < -0.4 is 5.32 Å². The molecule has 3 heteroatoms. The lowest BCUT2D eigenvalue weighted by Crippen LogP contribution is -2.36. The fourth-order valence-corrected chi connectivity index (χ4v) is 3.69. The zero-order valence-corrected chi connectivity index (χ0v) is 13.4. The average molecular weight is 280 g/mol. The zero-order chi connectivity index (χ0) is 13.7. The van der Waals surface area contributed by atoms with E-state index in [-0.39, 0.29) is 0 Å². The predicted molar refractivity (Wildman–Crippen MR) is 84.6 cm³/mol. The SMILES string of the molecule is CC(C)CNCc1ccc(CN2CCCCC2C)s1. The standard InChI is InChI=1S/C16H28N2S/c1-13(2)10-17-11-15-7-8-16(19-15)12-18-9-5-4-6-14(18)3/h7-8,13-14,17H,4-6,9-12H2,1-3H3. The van der Waals surface area contributed by atoms with Crippen LogP contribution >= 0.6 is 11.3 Å². The molecule has 1 unspecified atom stereocenters. The highest BCUT2D eigenvalue weighted by Gasteiger charge is 2.18. The highest BCUT2D eigenvalue weighted by Crippen LogP contribution is 2.23. The molecule has 1 aliphatic rings. The maximum Gasteiger partial charge on any atom is 0.0330 e. The van der Waals surface area contributed by atoms with Crippen molar-refractivity contribution in [1.82, 2.24) is 10.2 Å². The molecular formula is C16H28N2S. The molecule has 2 nitrogen and oxygen atoms in total. The minimum absolute atomic E-state index is 0.730. The van der Waals surface area contributed by atoms with Crippen molar-refractivity contribution in [2.75, 3.05) is 13.1 Å². The summed E-state index contributed by atoms with van der Waals surface area (Å²) in [7, 11) is 0. The Kier molecular flexibility index (Phi) is 5.86. The Morgan fingerprint density at radius 3 is 2.84 bits per heavy atom. The van der Waals surface area contributed by atoms with Gasteiger partial charge in [0.05, 0.1) is 0 Å². The number of likely N-dealkylation sites (tertiary alicyclic amines) is 1. The molecule has 2 rings (SSSR count). The third kappa shape index (κ3) is 4.90. The van der Waals surface area contributed by atoms with Crippen LogP contribution in [0.2, 0.25) is 0 Å². The summed E-state index contributed by atoms with van der Waals surface area (Å²) in [5.41, 5.74) is 0. The van der Waals surface area contributed by atoms with Gasteiger partial charge >= 0.3 is 0 Å². The van der Waals surface area contributed by atoms with Crippen LogP contribution in [0, 0.1) is 5.92 Å². The van der Waals surface area contributed by atoms with E-state index in [1.807, 2.05) is 11.3 Å². The van der Waals surface area contributed by atoms with Crippen molar-refractivity contribution >= 4 is 11.3 Å². The van der Waals surface area contributed by atoms with E-state index in [1.165, 1.54) is 35.6 Å². The topological polar surface area (TPSA) is 15.3 Å². The number of rotatable bonds is 6. The van der Waals surface area contributed by atoms with Crippen LogP contribution in [0.1, 0.15) is 49.8 Å². The van der Waals surface area contributed by atoms with Gasteiger partial charge in [0.1, 0.15) is 0 Å². The Labute approximate surface area is 122 Å². The summed E-state index contributed by atoms with van der Waals surface area (Å²) < 4.78 is 0. The highest BCUT2D eigenvalue weighted by molar-refractivity contribution is 7.11. The Hall–Kier alpha value is -0.380. The van der Waals surface area contributed by atoms with Gasteiger partial charge in [-0.3, -0.25) is 4.90 Å². The minimum Gasteiger partial charge on any atom is -0.312 e. The quantitative estimate of drug-likeness (QED) is 0.851. The first-order valence-electron chi connectivity index (χ1n) is 7.67. The Morgan fingerprint density at radius 1 is 1.32 bits per heavy atom.